The first-order valence-corrected chi connectivity index (χ1v) is 7.82. The summed E-state index contributed by atoms with van der Waals surface area (Å²) in [5.74, 6) is 0. The molecule has 110 valence electrons. The van der Waals surface area contributed by atoms with Crippen molar-refractivity contribution < 1.29 is 4.74 Å². The molecule has 1 heterocycles. The van der Waals surface area contributed by atoms with Crippen LogP contribution in [-0.2, 0) is 17.9 Å². The van der Waals surface area contributed by atoms with Crippen LogP contribution in [0.2, 0.25) is 0 Å². The van der Waals surface area contributed by atoms with E-state index >= 15 is 0 Å². The van der Waals surface area contributed by atoms with Crippen molar-refractivity contribution >= 4 is 16.5 Å². The molecule has 0 atom stereocenters. The van der Waals surface area contributed by atoms with Crippen molar-refractivity contribution in [3.63, 3.8) is 0 Å². The van der Waals surface area contributed by atoms with Crippen molar-refractivity contribution in [3.05, 3.63) is 10.6 Å². The first-order valence-electron chi connectivity index (χ1n) is 7.00. The number of nitrogens with zero attached hydrogens (tertiary/aromatic N) is 2. The van der Waals surface area contributed by atoms with E-state index in [1.165, 1.54) is 17.7 Å². The van der Waals surface area contributed by atoms with E-state index in [2.05, 4.69) is 38.0 Å². The maximum Gasteiger partial charge on any atom is 0.185 e. The normalized spacial score (nSPS) is 11.3. The minimum atomic E-state index is 0.485. The Hall–Kier alpha value is -0.650. The topological polar surface area (TPSA) is 37.4 Å². The molecule has 0 radical (unpaired) electrons. The summed E-state index contributed by atoms with van der Waals surface area (Å²) in [5, 5.41) is 4.55. The van der Waals surface area contributed by atoms with Gasteiger partial charge in [-0.3, -0.25) is 0 Å². The number of methoxy groups -OCH3 is 1. The van der Waals surface area contributed by atoms with Crippen molar-refractivity contribution in [2.75, 3.05) is 25.6 Å². The molecule has 0 aliphatic carbocycles. The second kappa shape index (κ2) is 8.51. The molecular formula is C14H27N3OS. The number of anilines is 1. The van der Waals surface area contributed by atoms with Crippen LogP contribution in [0.5, 0.6) is 0 Å². The number of ether oxygens (including phenoxy) is 1. The predicted molar refractivity (Wildman–Crippen MR) is 83.0 cm³/mol. The number of hydrogen-bond donors (Lipinski definition) is 1. The van der Waals surface area contributed by atoms with Gasteiger partial charge in [-0.2, -0.15) is 0 Å². The van der Waals surface area contributed by atoms with Gasteiger partial charge in [-0.25, -0.2) is 4.98 Å². The molecule has 19 heavy (non-hydrogen) atoms. The fourth-order valence-corrected chi connectivity index (χ4v) is 2.71. The number of nitrogens with one attached hydrogen (secondary N) is 1. The Balaban J connectivity index is 2.74. The SMILES string of the molecule is CCCCN(C)c1nc(COC)c(CNC(C)C)s1. The molecular weight excluding hydrogens is 258 g/mol. The fourth-order valence-electron chi connectivity index (χ4n) is 1.71. The van der Waals surface area contributed by atoms with E-state index in [4.69, 9.17) is 9.72 Å². The minimum Gasteiger partial charge on any atom is -0.378 e. The quantitative estimate of drug-likeness (QED) is 0.757. The van der Waals surface area contributed by atoms with Crippen LogP contribution < -0.4 is 10.2 Å². The standard InChI is InChI=1S/C14H27N3OS/c1-6-7-8-17(4)14-16-12(10-18-5)13(19-14)9-15-11(2)3/h11,15H,6-10H2,1-5H3. The zero-order valence-electron chi connectivity index (χ0n) is 12.8. The van der Waals surface area contributed by atoms with Crippen molar-refractivity contribution in [1.29, 1.82) is 0 Å². The number of hydrogen-bond acceptors (Lipinski definition) is 5. The van der Waals surface area contributed by atoms with Crippen LogP contribution in [0.3, 0.4) is 0 Å². The average Bonchev–Trinajstić information content (AvgIpc) is 2.77. The molecule has 0 aromatic carbocycles. The largest absolute Gasteiger partial charge is 0.378 e. The molecule has 0 aliphatic rings. The molecule has 1 N–H and O–H groups in total. The number of thiazole rings is 1. The van der Waals surface area contributed by atoms with Crippen LogP contribution in [0.25, 0.3) is 0 Å². The van der Waals surface area contributed by atoms with Gasteiger partial charge in [0, 0.05) is 38.2 Å². The summed E-state index contributed by atoms with van der Waals surface area (Å²) in [6.07, 6.45) is 2.41. The molecule has 1 aromatic rings. The van der Waals surface area contributed by atoms with Gasteiger partial charge < -0.3 is 15.0 Å². The van der Waals surface area contributed by atoms with Crippen LogP contribution in [0.4, 0.5) is 5.13 Å². The minimum absolute atomic E-state index is 0.485. The van der Waals surface area contributed by atoms with Crippen LogP contribution in [-0.4, -0.2) is 31.7 Å². The van der Waals surface area contributed by atoms with Gasteiger partial charge in [-0.15, -0.1) is 11.3 Å². The zero-order valence-corrected chi connectivity index (χ0v) is 13.6. The Labute approximate surface area is 121 Å². The molecule has 5 heteroatoms. The van der Waals surface area contributed by atoms with E-state index in [0.29, 0.717) is 12.6 Å². The highest BCUT2D eigenvalue weighted by Gasteiger charge is 2.13. The third-order valence-electron chi connectivity index (χ3n) is 2.89. The summed E-state index contributed by atoms with van der Waals surface area (Å²) in [7, 11) is 3.84. The zero-order chi connectivity index (χ0) is 14.3. The Morgan fingerprint density at radius 3 is 2.74 bits per heavy atom. The Bertz CT molecular complexity index is 366. The van der Waals surface area contributed by atoms with E-state index in [9.17, 15) is 0 Å². The van der Waals surface area contributed by atoms with Gasteiger partial charge in [-0.05, 0) is 6.42 Å². The Morgan fingerprint density at radius 2 is 2.16 bits per heavy atom. The summed E-state index contributed by atoms with van der Waals surface area (Å²) < 4.78 is 5.25. The number of rotatable bonds is 9. The lowest BCUT2D eigenvalue weighted by molar-refractivity contribution is 0.181. The first-order chi connectivity index (χ1) is 9.08. The molecule has 0 unspecified atom stereocenters. The van der Waals surface area contributed by atoms with Gasteiger partial charge in [0.05, 0.1) is 12.3 Å². The lowest BCUT2D eigenvalue weighted by Gasteiger charge is -2.14. The van der Waals surface area contributed by atoms with E-state index in [1.54, 1.807) is 18.4 Å². The van der Waals surface area contributed by atoms with E-state index in [-0.39, 0.29) is 0 Å². The van der Waals surface area contributed by atoms with Crippen LogP contribution in [0.1, 0.15) is 44.2 Å². The molecule has 0 amide bonds. The second-order valence-electron chi connectivity index (χ2n) is 5.11. The summed E-state index contributed by atoms with van der Waals surface area (Å²) in [4.78, 5) is 8.24. The molecule has 1 aromatic heterocycles. The maximum atomic E-state index is 5.25. The van der Waals surface area contributed by atoms with Gasteiger partial charge in [0.1, 0.15) is 0 Å². The smallest absolute Gasteiger partial charge is 0.185 e. The van der Waals surface area contributed by atoms with E-state index < -0.39 is 0 Å². The summed E-state index contributed by atoms with van der Waals surface area (Å²) in [6, 6.07) is 0.485. The highest BCUT2D eigenvalue weighted by atomic mass is 32.1. The maximum absolute atomic E-state index is 5.25. The van der Waals surface area contributed by atoms with Crippen molar-refractivity contribution in [3.8, 4) is 0 Å². The molecule has 1 rings (SSSR count). The lowest BCUT2D eigenvalue weighted by atomic mass is 10.3. The molecule has 0 fully saturated rings. The first kappa shape index (κ1) is 16.4. The molecule has 0 saturated carbocycles. The van der Waals surface area contributed by atoms with E-state index in [0.717, 1.165) is 23.9 Å². The number of unbranched alkanes of at least 4 members (excludes halogenated alkanes) is 1. The second-order valence-corrected chi connectivity index (χ2v) is 6.17. The molecule has 0 aliphatic heterocycles. The van der Waals surface area contributed by atoms with Gasteiger partial charge in [0.25, 0.3) is 0 Å². The van der Waals surface area contributed by atoms with Crippen LogP contribution in [0, 0.1) is 0 Å². The van der Waals surface area contributed by atoms with Crippen molar-refractivity contribution in [1.82, 2.24) is 10.3 Å². The van der Waals surface area contributed by atoms with Gasteiger partial charge >= 0.3 is 0 Å². The molecule has 0 spiro atoms. The molecule has 4 nitrogen and oxygen atoms in total. The van der Waals surface area contributed by atoms with E-state index in [1.807, 2.05) is 0 Å². The van der Waals surface area contributed by atoms with Crippen LogP contribution in [0.15, 0.2) is 0 Å². The lowest BCUT2D eigenvalue weighted by Crippen LogP contribution is -2.21. The third-order valence-corrected chi connectivity index (χ3v) is 4.10. The summed E-state index contributed by atoms with van der Waals surface area (Å²) >= 11 is 1.77. The Kier molecular flexibility index (Phi) is 7.34. The third kappa shape index (κ3) is 5.47. The van der Waals surface area contributed by atoms with Gasteiger partial charge in [0.2, 0.25) is 0 Å². The predicted octanol–water partition coefficient (Wildman–Crippen LogP) is 3.02. The van der Waals surface area contributed by atoms with Gasteiger partial charge in [0.15, 0.2) is 5.13 Å². The highest BCUT2D eigenvalue weighted by molar-refractivity contribution is 7.15. The van der Waals surface area contributed by atoms with Gasteiger partial charge in [-0.1, -0.05) is 27.2 Å². The van der Waals surface area contributed by atoms with Crippen LogP contribution >= 0.6 is 11.3 Å². The fraction of sp³-hybridized carbons (Fsp3) is 0.786. The summed E-state index contributed by atoms with van der Waals surface area (Å²) in [6.45, 7) is 9.05. The monoisotopic (exact) mass is 285 g/mol. The van der Waals surface area contributed by atoms with Crippen molar-refractivity contribution in [2.45, 2.75) is 52.8 Å². The Morgan fingerprint density at radius 1 is 1.42 bits per heavy atom. The summed E-state index contributed by atoms with van der Waals surface area (Å²) in [5.41, 5.74) is 1.07. The number of aromatic nitrogens is 1. The van der Waals surface area contributed by atoms with Crippen molar-refractivity contribution in [2.24, 2.45) is 0 Å². The molecule has 0 saturated heterocycles. The highest BCUT2D eigenvalue weighted by Crippen LogP contribution is 2.26. The molecule has 0 bridgehead atoms. The average molecular weight is 285 g/mol.